The maximum absolute atomic E-state index is 12.6. The van der Waals surface area contributed by atoms with Crippen molar-refractivity contribution in [2.24, 2.45) is 5.92 Å². The fourth-order valence-electron chi connectivity index (χ4n) is 3.23. The summed E-state index contributed by atoms with van der Waals surface area (Å²) in [4.78, 5) is 26.5. The second-order valence-electron chi connectivity index (χ2n) is 6.86. The highest BCUT2D eigenvalue weighted by Gasteiger charge is 2.31. The zero-order valence-electron chi connectivity index (χ0n) is 14.1. The molecule has 1 aromatic rings. The molecular weight excluding hydrogens is 322 g/mol. The number of urea groups is 1. The first-order valence-electron chi connectivity index (χ1n) is 8.95. The van der Waals surface area contributed by atoms with E-state index in [0.29, 0.717) is 49.5 Å². The molecule has 1 atom stereocenters. The van der Waals surface area contributed by atoms with E-state index in [1.807, 2.05) is 6.07 Å². The third-order valence-electron chi connectivity index (χ3n) is 4.79. The molecule has 1 saturated carbocycles. The van der Waals surface area contributed by atoms with Gasteiger partial charge in [0.2, 0.25) is 5.91 Å². The molecule has 0 radical (unpaired) electrons. The van der Waals surface area contributed by atoms with Gasteiger partial charge in [-0.15, -0.1) is 0 Å². The number of carbonyl (C=O) groups is 2. The minimum absolute atomic E-state index is 0.0423. The molecule has 2 N–H and O–H groups in total. The summed E-state index contributed by atoms with van der Waals surface area (Å²) in [6, 6.07) is 5.69. The first-order valence-corrected chi connectivity index (χ1v) is 8.95. The lowest BCUT2D eigenvalue weighted by atomic mass is 9.97. The third kappa shape index (κ3) is 3.81. The minimum atomic E-state index is -0.188. The van der Waals surface area contributed by atoms with E-state index < -0.39 is 0 Å². The third-order valence-corrected chi connectivity index (χ3v) is 4.79. The van der Waals surface area contributed by atoms with Crippen LogP contribution in [0.3, 0.4) is 0 Å². The first-order chi connectivity index (χ1) is 12.2. The van der Waals surface area contributed by atoms with Gasteiger partial charge in [-0.1, -0.05) is 0 Å². The number of anilines is 1. The van der Waals surface area contributed by atoms with Crippen LogP contribution in [0, 0.1) is 5.92 Å². The van der Waals surface area contributed by atoms with Crippen LogP contribution in [-0.4, -0.2) is 49.2 Å². The van der Waals surface area contributed by atoms with Crippen LogP contribution >= 0.6 is 0 Å². The van der Waals surface area contributed by atoms with Gasteiger partial charge in [-0.2, -0.15) is 0 Å². The van der Waals surface area contributed by atoms with E-state index in [-0.39, 0.29) is 17.9 Å². The molecule has 7 nitrogen and oxygen atoms in total. The Morgan fingerprint density at radius 3 is 2.68 bits per heavy atom. The van der Waals surface area contributed by atoms with Crippen molar-refractivity contribution in [1.29, 1.82) is 0 Å². The molecule has 0 aromatic heterocycles. The van der Waals surface area contributed by atoms with Gasteiger partial charge in [0.25, 0.3) is 0 Å². The van der Waals surface area contributed by atoms with Crippen molar-refractivity contribution in [1.82, 2.24) is 10.2 Å². The van der Waals surface area contributed by atoms with Crippen molar-refractivity contribution in [3.05, 3.63) is 18.2 Å². The van der Waals surface area contributed by atoms with Gasteiger partial charge in [-0.25, -0.2) is 4.79 Å². The second kappa shape index (κ2) is 6.82. The summed E-state index contributed by atoms with van der Waals surface area (Å²) < 4.78 is 11.0. The highest BCUT2D eigenvalue weighted by atomic mass is 16.6. The Bertz CT molecular complexity index is 674. The fourth-order valence-corrected chi connectivity index (χ4v) is 3.23. The molecule has 134 valence electrons. The largest absolute Gasteiger partial charge is 0.486 e. The van der Waals surface area contributed by atoms with Crippen LogP contribution in [0.25, 0.3) is 0 Å². The number of rotatable bonds is 3. The Morgan fingerprint density at radius 2 is 1.88 bits per heavy atom. The van der Waals surface area contributed by atoms with Crippen LogP contribution in [0.15, 0.2) is 18.2 Å². The van der Waals surface area contributed by atoms with Gasteiger partial charge in [-0.05, 0) is 37.8 Å². The van der Waals surface area contributed by atoms with Crippen molar-refractivity contribution in [2.75, 3.05) is 31.6 Å². The zero-order chi connectivity index (χ0) is 17.2. The number of benzene rings is 1. The van der Waals surface area contributed by atoms with Crippen LogP contribution in [0.2, 0.25) is 0 Å². The average Bonchev–Trinajstić information content (AvgIpc) is 3.45. The Morgan fingerprint density at radius 1 is 1.08 bits per heavy atom. The number of nitrogens with one attached hydrogen (secondary N) is 2. The van der Waals surface area contributed by atoms with E-state index in [2.05, 4.69) is 10.6 Å². The highest BCUT2D eigenvalue weighted by Crippen LogP contribution is 2.33. The van der Waals surface area contributed by atoms with Crippen LogP contribution in [-0.2, 0) is 4.79 Å². The summed E-state index contributed by atoms with van der Waals surface area (Å²) in [5.41, 5.74) is 0.689. The van der Waals surface area contributed by atoms with Crippen LogP contribution in [0.5, 0.6) is 11.5 Å². The van der Waals surface area contributed by atoms with Crippen molar-refractivity contribution >= 4 is 17.6 Å². The maximum Gasteiger partial charge on any atom is 0.317 e. The Hall–Kier alpha value is -2.44. The van der Waals surface area contributed by atoms with Gasteiger partial charge >= 0.3 is 6.03 Å². The molecule has 2 heterocycles. The lowest BCUT2D eigenvalue weighted by Crippen LogP contribution is -2.48. The van der Waals surface area contributed by atoms with E-state index in [4.69, 9.17) is 9.47 Å². The molecule has 25 heavy (non-hydrogen) atoms. The number of hydrogen-bond donors (Lipinski definition) is 2. The number of fused-ring (bicyclic) bond motifs is 1. The molecule has 0 bridgehead atoms. The smallest absolute Gasteiger partial charge is 0.317 e. The molecule has 2 aliphatic heterocycles. The van der Waals surface area contributed by atoms with Crippen LogP contribution < -0.4 is 20.1 Å². The van der Waals surface area contributed by atoms with Gasteiger partial charge in [0.05, 0.1) is 5.92 Å². The van der Waals surface area contributed by atoms with Gasteiger partial charge in [0.15, 0.2) is 11.5 Å². The molecule has 1 unspecified atom stereocenters. The van der Waals surface area contributed by atoms with Crippen molar-refractivity contribution in [3.8, 4) is 11.5 Å². The lowest BCUT2D eigenvalue weighted by Gasteiger charge is -2.32. The van der Waals surface area contributed by atoms with Gasteiger partial charge < -0.3 is 25.0 Å². The standard InChI is InChI=1S/C18H23N3O4/c22-17(19-14-5-6-15-16(10-14)25-9-8-24-15)12-2-1-7-21(11-12)18(23)20-13-3-4-13/h5-6,10,12-13H,1-4,7-9,11H2,(H,19,22)(H,20,23). The van der Waals surface area contributed by atoms with Gasteiger partial charge in [0.1, 0.15) is 13.2 Å². The summed E-state index contributed by atoms with van der Waals surface area (Å²) in [7, 11) is 0. The van der Waals surface area contributed by atoms with Gasteiger partial charge in [-0.3, -0.25) is 4.79 Å². The number of amides is 3. The number of ether oxygens (including phenoxy) is 2. The van der Waals surface area contributed by atoms with E-state index >= 15 is 0 Å². The maximum atomic E-state index is 12.6. The minimum Gasteiger partial charge on any atom is -0.486 e. The Labute approximate surface area is 146 Å². The topological polar surface area (TPSA) is 79.9 Å². The summed E-state index contributed by atoms with van der Waals surface area (Å²) in [5.74, 6) is 1.11. The number of piperidine rings is 1. The monoisotopic (exact) mass is 345 g/mol. The molecule has 0 spiro atoms. The molecule has 3 amide bonds. The van der Waals surface area contributed by atoms with Crippen molar-refractivity contribution in [2.45, 2.75) is 31.7 Å². The van der Waals surface area contributed by atoms with Gasteiger partial charge in [0, 0.05) is 30.9 Å². The normalized spacial score (nSPS) is 22.2. The number of likely N-dealkylation sites (tertiary alicyclic amines) is 1. The summed E-state index contributed by atoms with van der Waals surface area (Å²) in [6.45, 7) is 2.24. The number of nitrogens with zero attached hydrogens (tertiary/aromatic N) is 1. The summed E-state index contributed by atoms with van der Waals surface area (Å²) in [5, 5.41) is 5.93. The van der Waals surface area contributed by atoms with E-state index in [1.165, 1.54) is 0 Å². The fraction of sp³-hybridized carbons (Fsp3) is 0.556. The molecular formula is C18H23N3O4. The Kier molecular flexibility index (Phi) is 4.38. The van der Waals surface area contributed by atoms with Crippen molar-refractivity contribution < 1.29 is 19.1 Å². The van der Waals surface area contributed by atoms with E-state index in [9.17, 15) is 9.59 Å². The van der Waals surface area contributed by atoms with E-state index in [1.54, 1.807) is 17.0 Å². The SMILES string of the molecule is O=C(Nc1ccc2c(c1)OCCO2)C1CCCN(C(=O)NC2CC2)C1. The van der Waals surface area contributed by atoms with E-state index in [0.717, 1.165) is 25.7 Å². The molecule has 1 aromatic carbocycles. The number of hydrogen-bond acceptors (Lipinski definition) is 4. The summed E-state index contributed by atoms with van der Waals surface area (Å²) in [6.07, 6.45) is 3.77. The highest BCUT2D eigenvalue weighted by molar-refractivity contribution is 5.93. The molecule has 7 heteroatoms. The number of carbonyl (C=O) groups excluding carboxylic acids is 2. The van der Waals surface area contributed by atoms with Crippen molar-refractivity contribution in [3.63, 3.8) is 0 Å². The zero-order valence-corrected chi connectivity index (χ0v) is 14.1. The predicted molar refractivity (Wildman–Crippen MR) is 91.9 cm³/mol. The first kappa shape index (κ1) is 16.1. The molecule has 1 aliphatic carbocycles. The second-order valence-corrected chi connectivity index (χ2v) is 6.86. The van der Waals surface area contributed by atoms with Crippen LogP contribution in [0.1, 0.15) is 25.7 Å². The lowest BCUT2D eigenvalue weighted by molar-refractivity contribution is -0.121. The predicted octanol–water partition coefficient (Wildman–Crippen LogP) is 1.98. The average molecular weight is 345 g/mol. The summed E-state index contributed by atoms with van der Waals surface area (Å²) >= 11 is 0. The molecule has 3 aliphatic rings. The van der Waals surface area contributed by atoms with Crippen LogP contribution in [0.4, 0.5) is 10.5 Å². The molecule has 1 saturated heterocycles. The molecule has 2 fully saturated rings. The Balaban J connectivity index is 1.36. The quantitative estimate of drug-likeness (QED) is 0.878. The molecule has 4 rings (SSSR count).